The maximum atomic E-state index is 14.1. The van der Waals surface area contributed by atoms with Gasteiger partial charge in [0.15, 0.2) is 11.6 Å². The van der Waals surface area contributed by atoms with Gasteiger partial charge in [-0.15, -0.1) is 0 Å². The summed E-state index contributed by atoms with van der Waals surface area (Å²) in [6.45, 7) is 0. The quantitative estimate of drug-likeness (QED) is 0.518. The normalized spacial score (nSPS) is 11.6. The van der Waals surface area contributed by atoms with Crippen LogP contribution in [-0.2, 0) is 17.1 Å². The van der Waals surface area contributed by atoms with Gasteiger partial charge in [-0.25, -0.2) is 27.2 Å². The Morgan fingerprint density at radius 1 is 0.931 bits per heavy atom. The summed E-state index contributed by atoms with van der Waals surface area (Å²) in [5.74, 6) is -2.09. The van der Waals surface area contributed by atoms with Crippen molar-refractivity contribution in [1.29, 1.82) is 0 Å². The Balaban J connectivity index is 1.82. The number of benzene rings is 2. The minimum absolute atomic E-state index is 0.0991. The van der Waals surface area contributed by atoms with Crippen molar-refractivity contribution < 1.29 is 17.2 Å². The first kappa shape index (κ1) is 18.7. The lowest BCUT2D eigenvalue weighted by molar-refractivity contribution is 0.590. The summed E-state index contributed by atoms with van der Waals surface area (Å²) in [5.41, 5.74) is 0.339. The van der Waals surface area contributed by atoms with Gasteiger partial charge in [-0.05, 0) is 24.3 Å². The number of aryl methyl sites for hydroxylation is 1. The van der Waals surface area contributed by atoms with Gasteiger partial charge in [-0.3, -0.25) is 9.40 Å². The van der Waals surface area contributed by atoms with Crippen LogP contribution in [0.1, 0.15) is 0 Å². The van der Waals surface area contributed by atoms with Gasteiger partial charge in [0.25, 0.3) is 10.0 Å². The highest BCUT2D eigenvalue weighted by molar-refractivity contribution is 7.92. The molecular weight excluding hydrogens is 402 g/mol. The number of para-hydroxylation sites is 3. The Morgan fingerprint density at radius 2 is 1.55 bits per heavy atom. The summed E-state index contributed by atoms with van der Waals surface area (Å²) in [6.07, 6.45) is 2.47. The molecule has 0 atom stereocenters. The molecule has 4 rings (SSSR count). The van der Waals surface area contributed by atoms with E-state index in [1.165, 1.54) is 23.1 Å². The fourth-order valence-corrected chi connectivity index (χ4v) is 3.61. The zero-order valence-electron chi connectivity index (χ0n) is 15.0. The molecule has 11 heteroatoms. The number of halogens is 2. The van der Waals surface area contributed by atoms with Gasteiger partial charge >= 0.3 is 0 Å². The van der Waals surface area contributed by atoms with Gasteiger partial charge in [-0.2, -0.15) is 5.10 Å². The molecule has 0 fully saturated rings. The molecule has 0 spiro atoms. The van der Waals surface area contributed by atoms with Crippen molar-refractivity contribution in [1.82, 2.24) is 19.7 Å². The molecule has 0 bridgehead atoms. The first-order valence-corrected chi connectivity index (χ1v) is 9.81. The third-order valence-electron chi connectivity index (χ3n) is 4.00. The van der Waals surface area contributed by atoms with Crippen LogP contribution in [-0.4, -0.2) is 28.2 Å². The summed E-state index contributed by atoms with van der Waals surface area (Å²) in [4.78, 5) is 8.44. The SMILES string of the molecule is Cn1cc(S(=O)(=O)Nc2nc3ccccc3nc2Nc2c(F)cccc2F)cn1. The van der Waals surface area contributed by atoms with Crippen molar-refractivity contribution in [3.8, 4) is 0 Å². The molecule has 2 N–H and O–H groups in total. The van der Waals surface area contributed by atoms with E-state index in [1.54, 1.807) is 31.3 Å². The van der Waals surface area contributed by atoms with Crippen molar-refractivity contribution in [2.24, 2.45) is 7.05 Å². The second-order valence-corrected chi connectivity index (χ2v) is 7.77. The molecule has 8 nitrogen and oxygen atoms in total. The molecule has 2 aromatic carbocycles. The molecule has 0 saturated heterocycles. The van der Waals surface area contributed by atoms with Crippen LogP contribution in [0.5, 0.6) is 0 Å². The van der Waals surface area contributed by atoms with Crippen LogP contribution in [0.3, 0.4) is 0 Å². The average Bonchev–Trinajstić information content (AvgIpc) is 3.12. The minimum atomic E-state index is -4.06. The van der Waals surface area contributed by atoms with E-state index in [0.717, 1.165) is 12.1 Å². The second kappa shape index (κ2) is 7.09. The van der Waals surface area contributed by atoms with E-state index in [4.69, 9.17) is 0 Å². The highest BCUT2D eigenvalue weighted by atomic mass is 32.2. The van der Waals surface area contributed by atoms with Crippen LogP contribution in [0.25, 0.3) is 11.0 Å². The van der Waals surface area contributed by atoms with Gasteiger partial charge < -0.3 is 5.32 Å². The predicted molar refractivity (Wildman–Crippen MR) is 103 cm³/mol. The van der Waals surface area contributed by atoms with Gasteiger partial charge in [0.05, 0.1) is 17.2 Å². The monoisotopic (exact) mass is 416 g/mol. The Hall–Kier alpha value is -3.60. The number of nitrogens with one attached hydrogen (secondary N) is 2. The first-order valence-electron chi connectivity index (χ1n) is 8.33. The van der Waals surface area contributed by atoms with Crippen molar-refractivity contribution in [3.05, 3.63) is 66.5 Å². The van der Waals surface area contributed by atoms with E-state index < -0.39 is 27.3 Å². The smallest absolute Gasteiger partial charge is 0.266 e. The van der Waals surface area contributed by atoms with Crippen molar-refractivity contribution >= 4 is 38.4 Å². The highest BCUT2D eigenvalue weighted by Crippen LogP contribution is 2.29. The maximum Gasteiger partial charge on any atom is 0.266 e. The predicted octanol–water partition coefficient (Wildman–Crippen LogP) is 3.19. The number of sulfonamides is 1. The zero-order chi connectivity index (χ0) is 20.6. The maximum absolute atomic E-state index is 14.1. The lowest BCUT2D eigenvalue weighted by Gasteiger charge is -2.14. The molecule has 29 heavy (non-hydrogen) atoms. The number of fused-ring (bicyclic) bond motifs is 1. The molecule has 0 unspecified atom stereocenters. The number of anilines is 3. The second-order valence-electron chi connectivity index (χ2n) is 6.09. The lowest BCUT2D eigenvalue weighted by atomic mass is 10.2. The lowest BCUT2D eigenvalue weighted by Crippen LogP contribution is -2.16. The van der Waals surface area contributed by atoms with E-state index in [0.29, 0.717) is 11.0 Å². The van der Waals surface area contributed by atoms with Crippen LogP contribution in [0.2, 0.25) is 0 Å². The van der Waals surface area contributed by atoms with E-state index in [-0.39, 0.29) is 16.5 Å². The largest absolute Gasteiger partial charge is 0.332 e. The van der Waals surface area contributed by atoms with Gasteiger partial charge in [0.2, 0.25) is 0 Å². The summed E-state index contributed by atoms with van der Waals surface area (Å²) in [6, 6.07) is 10.1. The minimum Gasteiger partial charge on any atom is -0.332 e. The summed E-state index contributed by atoms with van der Waals surface area (Å²) in [5, 5.41) is 6.34. The number of hydrogen-bond donors (Lipinski definition) is 2. The van der Waals surface area contributed by atoms with E-state index in [9.17, 15) is 17.2 Å². The van der Waals surface area contributed by atoms with E-state index in [1.807, 2.05) is 0 Å². The Kier molecular flexibility index (Phi) is 4.59. The number of hydrogen-bond acceptors (Lipinski definition) is 6. The number of rotatable bonds is 5. The van der Waals surface area contributed by atoms with Crippen LogP contribution in [0.15, 0.2) is 59.8 Å². The summed E-state index contributed by atoms with van der Waals surface area (Å²) >= 11 is 0. The molecular formula is C18H14F2N6O2S. The third kappa shape index (κ3) is 3.72. The van der Waals surface area contributed by atoms with Crippen LogP contribution in [0.4, 0.5) is 26.1 Å². The fourth-order valence-electron chi connectivity index (χ4n) is 2.62. The number of aromatic nitrogens is 4. The van der Waals surface area contributed by atoms with Crippen LogP contribution < -0.4 is 10.0 Å². The molecule has 2 heterocycles. The Bertz CT molecular complexity index is 1300. The van der Waals surface area contributed by atoms with Gasteiger partial charge in [0.1, 0.15) is 22.2 Å². The Morgan fingerprint density at radius 3 is 2.14 bits per heavy atom. The summed E-state index contributed by atoms with van der Waals surface area (Å²) in [7, 11) is -2.49. The molecule has 4 aromatic rings. The molecule has 2 aromatic heterocycles. The fraction of sp³-hybridized carbons (Fsp3) is 0.0556. The first-order chi connectivity index (χ1) is 13.8. The molecule has 0 radical (unpaired) electrons. The molecule has 0 amide bonds. The van der Waals surface area contributed by atoms with Crippen molar-refractivity contribution in [3.63, 3.8) is 0 Å². The molecule has 0 aliphatic heterocycles. The topological polar surface area (TPSA) is 102 Å². The molecule has 0 aliphatic rings. The van der Waals surface area contributed by atoms with Crippen LogP contribution in [0, 0.1) is 11.6 Å². The van der Waals surface area contributed by atoms with Crippen LogP contribution >= 0.6 is 0 Å². The molecule has 148 valence electrons. The zero-order valence-corrected chi connectivity index (χ0v) is 15.8. The van der Waals surface area contributed by atoms with E-state index in [2.05, 4.69) is 25.1 Å². The van der Waals surface area contributed by atoms with Gasteiger partial charge in [0, 0.05) is 13.2 Å². The average molecular weight is 416 g/mol. The standard InChI is InChI=1S/C18H14F2N6O2S/c1-26-10-11(9-21-26)29(27,28)25-18-17(22-14-7-2-3-8-15(14)23-18)24-16-12(19)5-4-6-13(16)20/h2-10H,1H3,(H,22,24)(H,23,25). The van der Waals surface area contributed by atoms with E-state index >= 15 is 0 Å². The Labute approximate surface area is 164 Å². The van der Waals surface area contributed by atoms with Gasteiger partial charge in [-0.1, -0.05) is 18.2 Å². The summed E-state index contributed by atoms with van der Waals surface area (Å²) < 4.78 is 57.2. The molecule has 0 saturated carbocycles. The number of nitrogens with zero attached hydrogens (tertiary/aromatic N) is 4. The third-order valence-corrected chi connectivity index (χ3v) is 5.29. The molecule has 0 aliphatic carbocycles. The highest BCUT2D eigenvalue weighted by Gasteiger charge is 2.21. The van der Waals surface area contributed by atoms with Crippen molar-refractivity contribution in [2.45, 2.75) is 4.90 Å². The van der Waals surface area contributed by atoms with Crippen molar-refractivity contribution in [2.75, 3.05) is 10.0 Å².